The molecule has 10 nitrogen and oxygen atoms in total. The molecule has 1 unspecified atom stereocenters. The monoisotopic (exact) mass is 870 g/mol. The predicted octanol–water partition coefficient (Wildman–Crippen LogP) is 8.92. The number of anilines is 1. The average molecular weight is 872 g/mol. The Balaban J connectivity index is 1.30. The average Bonchev–Trinajstić information content (AvgIpc) is 3.57. The number of nitrogens with two attached hydrogens (primary N) is 1. The highest BCUT2D eigenvalue weighted by Crippen LogP contribution is 2.51. The zero-order valence-corrected chi connectivity index (χ0v) is 36.8. The topological polar surface area (TPSA) is 161 Å². The summed E-state index contributed by atoms with van der Waals surface area (Å²) < 4.78 is 76.8. The van der Waals surface area contributed by atoms with E-state index in [1.54, 1.807) is 0 Å². The Labute approximate surface area is 359 Å². The number of primary amides is 1. The number of fused-ring (bicyclic) bond motifs is 6. The summed E-state index contributed by atoms with van der Waals surface area (Å²) in [7, 11) is -8.44. The van der Waals surface area contributed by atoms with Crippen molar-refractivity contribution < 1.29 is 36.7 Å². The maximum absolute atomic E-state index is 13.2. The molecule has 316 valence electrons. The van der Waals surface area contributed by atoms with Crippen molar-refractivity contribution in [3.8, 4) is 0 Å². The van der Waals surface area contributed by atoms with Crippen molar-refractivity contribution in [1.29, 1.82) is 0 Å². The largest absolute Gasteiger partial charge is 0.748 e. The summed E-state index contributed by atoms with van der Waals surface area (Å²) in [6.45, 7) is 9.64. The van der Waals surface area contributed by atoms with Gasteiger partial charge in [0.2, 0.25) is 11.6 Å². The smallest absolute Gasteiger partial charge is 0.264 e. The summed E-state index contributed by atoms with van der Waals surface area (Å²) in [5, 5.41) is 4.94. The van der Waals surface area contributed by atoms with E-state index in [-0.39, 0.29) is 18.6 Å². The molecular formula is C47H52ClN3O7S2. The highest BCUT2D eigenvalue weighted by atomic mass is 35.5. The third kappa shape index (κ3) is 8.76. The Bertz CT molecular complexity index is 2810. The van der Waals surface area contributed by atoms with E-state index < -0.39 is 48.6 Å². The van der Waals surface area contributed by atoms with Crippen molar-refractivity contribution in [3.05, 3.63) is 130 Å². The first kappa shape index (κ1) is 42.1. The van der Waals surface area contributed by atoms with Crippen LogP contribution in [-0.4, -0.2) is 66.7 Å². The van der Waals surface area contributed by atoms with E-state index in [9.17, 15) is 30.7 Å². The van der Waals surface area contributed by atoms with Crippen LogP contribution in [0, 0.1) is 5.92 Å². The van der Waals surface area contributed by atoms with Crippen molar-refractivity contribution in [1.82, 2.24) is 0 Å². The molecule has 1 atom stereocenters. The quantitative estimate of drug-likeness (QED) is 0.0722. The molecule has 2 heterocycles. The number of benzene rings is 4. The zero-order valence-electron chi connectivity index (χ0n) is 35.4. The number of hydrogen-bond acceptors (Lipinski definition) is 7. The fourth-order valence-electron chi connectivity index (χ4n) is 9.47. The summed E-state index contributed by atoms with van der Waals surface area (Å²) in [5.41, 5.74) is 8.83. The summed E-state index contributed by atoms with van der Waals surface area (Å²) in [4.78, 5) is 15.4. The molecule has 3 aliphatic rings. The van der Waals surface area contributed by atoms with Gasteiger partial charge >= 0.3 is 0 Å². The van der Waals surface area contributed by atoms with Gasteiger partial charge in [0.25, 0.3) is 10.1 Å². The molecule has 0 bridgehead atoms. The van der Waals surface area contributed by atoms with Crippen LogP contribution in [0.3, 0.4) is 0 Å². The van der Waals surface area contributed by atoms with Gasteiger partial charge < -0.3 is 15.2 Å². The molecule has 0 radical (unpaired) electrons. The lowest BCUT2D eigenvalue weighted by Gasteiger charge is -2.28. The minimum absolute atomic E-state index is 0.230. The van der Waals surface area contributed by atoms with Crippen molar-refractivity contribution in [2.24, 2.45) is 11.6 Å². The van der Waals surface area contributed by atoms with E-state index in [1.165, 1.54) is 0 Å². The van der Waals surface area contributed by atoms with Gasteiger partial charge in [0.1, 0.15) is 6.54 Å². The third-order valence-electron chi connectivity index (χ3n) is 12.3. The summed E-state index contributed by atoms with van der Waals surface area (Å²) in [6.07, 6.45) is 10.1. The van der Waals surface area contributed by atoms with Crippen LogP contribution in [0.5, 0.6) is 0 Å². The Morgan fingerprint density at radius 1 is 0.867 bits per heavy atom. The van der Waals surface area contributed by atoms with Crippen LogP contribution < -0.4 is 10.6 Å². The molecule has 1 aliphatic carbocycles. The van der Waals surface area contributed by atoms with Gasteiger partial charge in [0, 0.05) is 64.2 Å². The van der Waals surface area contributed by atoms with E-state index in [0.29, 0.717) is 43.8 Å². The Morgan fingerprint density at radius 2 is 1.52 bits per heavy atom. The van der Waals surface area contributed by atoms with Crippen molar-refractivity contribution in [2.75, 3.05) is 29.5 Å². The van der Waals surface area contributed by atoms with Gasteiger partial charge in [0.15, 0.2) is 7.12 Å². The van der Waals surface area contributed by atoms with Gasteiger partial charge in [-0.1, -0.05) is 92.2 Å². The maximum Gasteiger partial charge on any atom is 0.264 e. The van der Waals surface area contributed by atoms with Gasteiger partial charge in [-0.2, -0.15) is 13.0 Å². The lowest BCUT2D eigenvalue weighted by atomic mass is 9.78. The number of carbonyl (C=O) groups is 1. The van der Waals surface area contributed by atoms with Crippen molar-refractivity contribution in [2.45, 2.75) is 77.0 Å². The lowest BCUT2D eigenvalue weighted by Crippen LogP contribution is -2.29. The molecule has 0 spiro atoms. The minimum Gasteiger partial charge on any atom is -0.748 e. The molecule has 0 saturated carbocycles. The number of unbranched alkanes of at least 4 members (excludes halogenated alkanes) is 2. The highest BCUT2D eigenvalue weighted by molar-refractivity contribution is 7.85. The van der Waals surface area contributed by atoms with Gasteiger partial charge in [-0.05, 0) is 102 Å². The van der Waals surface area contributed by atoms with Gasteiger partial charge in [-0.3, -0.25) is 9.35 Å². The number of carbonyl (C=O) groups excluding carboxylic acids is 1. The second-order valence-electron chi connectivity index (χ2n) is 17.1. The molecule has 2 aliphatic heterocycles. The second-order valence-corrected chi connectivity index (χ2v) is 20.6. The standard InChI is InChI=1S/C47H52ClN3O7S2/c1-46(2)40(50(25-9-11-27-59(53,54)55)38-21-17-31-13-5-7-15-36(31)42(38)46)23-19-33-29-35(45(49)52)30-34(44(33)48)20-24-41-47(3,4)43-37-16-8-6-14-32(37)18-22-39(43)51(41)26-10-12-28-60(56,57)58/h5-8,13-24,35H,9-12,25-30H2,1-4H3,(H3-,49,52,53,54,55,56,57,58)/i/hD. The van der Waals surface area contributed by atoms with Crippen molar-refractivity contribution in [3.63, 3.8) is 0 Å². The third-order valence-corrected chi connectivity index (χ3v) is 14.4. The lowest BCUT2D eigenvalue weighted by molar-refractivity contribution is -0.438. The molecule has 60 heavy (non-hydrogen) atoms. The minimum atomic E-state index is -4.35. The second kappa shape index (κ2) is 16.7. The number of halogens is 1. The molecule has 0 fully saturated rings. The first-order valence-electron chi connectivity index (χ1n) is 20.9. The molecule has 0 saturated heterocycles. The normalized spacial score (nSPS) is 20.5. The fraction of sp³-hybridized carbons (Fsp3) is 0.362. The van der Waals surface area contributed by atoms with Crippen LogP contribution in [0.1, 0.15) is 77.3 Å². The molecule has 0 aromatic heterocycles. The first-order chi connectivity index (χ1) is 28.8. The molecule has 4 aromatic carbocycles. The molecule has 4 aromatic rings. The highest BCUT2D eigenvalue weighted by Gasteiger charge is 2.46. The van der Waals surface area contributed by atoms with Gasteiger partial charge in [-0.25, -0.2) is 8.42 Å². The Hall–Kier alpha value is -4.59. The maximum atomic E-state index is 13.2. The van der Waals surface area contributed by atoms with E-state index >= 15 is 0 Å². The number of nitrogens with zero attached hydrogens (tertiary/aromatic N) is 2. The van der Waals surface area contributed by atoms with E-state index in [0.717, 1.165) is 66.6 Å². The molecule has 13 heteroatoms. The van der Waals surface area contributed by atoms with E-state index in [2.05, 4.69) is 91.4 Å². The van der Waals surface area contributed by atoms with Gasteiger partial charge in [-0.15, -0.1) is 0 Å². The predicted molar refractivity (Wildman–Crippen MR) is 241 cm³/mol. The molecular weight excluding hydrogens is 818 g/mol. The van der Waals surface area contributed by atoms with Crippen LogP contribution in [0.4, 0.5) is 11.4 Å². The van der Waals surface area contributed by atoms with Crippen LogP contribution in [0.25, 0.3) is 21.5 Å². The van der Waals surface area contributed by atoms with E-state index in [4.69, 9.17) is 13.0 Å². The zero-order chi connectivity index (χ0) is 43.9. The fourth-order valence-corrected chi connectivity index (χ4v) is 10.9. The van der Waals surface area contributed by atoms with Crippen LogP contribution >= 0.6 is 11.6 Å². The number of allylic oxidation sites excluding steroid dienone is 8. The van der Waals surface area contributed by atoms with E-state index in [1.807, 2.05) is 48.6 Å². The summed E-state index contributed by atoms with van der Waals surface area (Å²) in [5.74, 6) is -1.74. The van der Waals surface area contributed by atoms with Crippen LogP contribution in [0.2, 0.25) is 1.41 Å². The molecule has 3 N–H and O–H groups in total. The van der Waals surface area contributed by atoms with Crippen LogP contribution in [0.15, 0.2) is 119 Å². The number of rotatable bonds is 14. The Kier molecular flexibility index (Phi) is 11.7. The summed E-state index contributed by atoms with van der Waals surface area (Å²) >= 11 is 7.32. The SMILES string of the molecule is [2H]NC(=O)C1CC(/C=C/C2=[N+](CCCCS(=O)(=O)O)c3ccc4ccccc4c3C2(C)C)=C(Cl)C(=C/C=C2/N(CCCCS(=O)(=O)[O-])c3ccc4ccccc4c3C2(C)C)/C1. The Morgan fingerprint density at radius 3 is 2.18 bits per heavy atom. The number of hydrogen-bond donors (Lipinski definition) is 2. The summed E-state index contributed by atoms with van der Waals surface area (Å²) in [6, 6.07) is 24.8. The van der Waals surface area contributed by atoms with Crippen LogP contribution in [-0.2, 0) is 35.9 Å². The molecule has 1 amide bonds. The van der Waals surface area contributed by atoms with Gasteiger partial charge in [0.05, 0.1) is 21.3 Å². The first-order valence-corrected chi connectivity index (χ1v) is 23.9. The number of amides is 1. The van der Waals surface area contributed by atoms with Crippen molar-refractivity contribution >= 4 is 76.4 Å². The molecule has 7 rings (SSSR count).